The minimum atomic E-state index is -0.165. The Balaban J connectivity index is 1.40. The first-order valence-corrected chi connectivity index (χ1v) is 16.9. The number of nitrogens with one attached hydrogen (secondary N) is 3. The summed E-state index contributed by atoms with van der Waals surface area (Å²) in [5, 5.41) is 23.6. The number of aliphatic hydroxyl groups is 1. The third-order valence-corrected chi connectivity index (χ3v) is 9.67. The number of piperidine rings is 1. The van der Waals surface area contributed by atoms with Gasteiger partial charge in [0.25, 0.3) is 5.91 Å². The molecule has 11 nitrogen and oxygen atoms in total. The van der Waals surface area contributed by atoms with E-state index in [2.05, 4.69) is 26.9 Å². The highest BCUT2D eigenvalue weighted by molar-refractivity contribution is 6.24. The molecule has 2 aliphatic rings. The Morgan fingerprint density at radius 2 is 1.90 bits per heavy atom. The molecule has 0 radical (unpaired) electrons. The zero-order valence-corrected chi connectivity index (χ0v) is 28.9. The number of methoxy groups -OCH3 is 1. The first-order valence-electron chi connectivity index (χ1n) is 16.9. The van der Waals surface area contributed by atoms with Crippen LogP contribution >= 0.6 is 0 Å². The van der Waals surface area contributed by atoms with Crippen LogP contribution in [-0.2, 0) is 4.74 Å². The summed E-state index contributed by atoms with van der Waals surface area (Å²) < 4.78 is 11.3. The molecule has 1 amide bonds. The summed E-state index contributed by atoms with van der Waals surface area (Å²) in [6, 6.07) is 8.14. The highest BCUT2D eigenvalue weighted by Crippen LogP contribution is 2.42. The average molecular weight is 664 g/mol. The van der Waals surface area contributed by atoms with Crippen LogP contribution in [0.1, 0.15) is 73.8 Å². The number of aliphatic imine (C=N–C) groups is 1. The van der Waals surface area contributed by atoms with Gasteiger partial charge in [-0.2, -0.15) is 0 Å². The average Bonchev–Trinajstić information content (AvgIpc) is 3.44. The molecule has 0 atom stereocenters. The summed E-state index contributed by atoms with van der Waals surface area (Å²) in [5.74, 6) is 0.934. The van der Waals surface area contributed by atoms with Gasteiger partial charge in [0.15, 0.2) is 0 Å². The zero-order valence-electron chi connectivity index (χ0n) is 28.9. The molecule has 6 rings (SSSR count). The number of aromatic nitrogens is 3. The molecule has 2 aromatic heterocycles. The van der Waals surface area contributed by atoms with E-state index in [1.165, 1.54) is 0 Å². The summed E-state index contributed by atoms with van der Waals surface area (Å²) in [6.45, 7) is 14.4. The van der Waals surface area contributed by atoms with Crippen molar-refractivity contribution in [2.45, 2.75) is 65.5 Å². The van der Waals surface area contributed by atoms with E-state index in [1.807, 2.05) is 50.3 Å². The second kappa shape index (κ2) is 14.3. The van der Waals surface area contributed by atoms with E-state index in [-0.39, 0.29) is 23.4 Å². The molecule has 2 fully saturated rings. The minimum absolute atomic E-state index is 0.0302. The van der Waals surface area contributed by atoms with Gasteiger partial charge in [-0.3, -0.25) is 9.79 Å². The van der Waals surface area contributed by atoms with Crippen LogP contribution in [0.2, 0.25) is 0 Å². The number of hydrogen-bond donors (Lipinski definition) is 4. The van der Waals surface area contributed by atoms with E-state index < -0.39 is 0 Å². The van der Waals surface area contributed by atoms with Gasteiger partial charge in [0.05, 0.1) is 35.2 Å². The first kappa shape index (κ1) is 34.0. The third-order valence-electron chi connectivity index (χ3n) is 9.67. The first-order chi connectivity index (χ1) is 23.6. The van der Waals surface area contributed by atoms with Crippen molar-refractivity contribution in [2.75, 3.05) is 33.4 Å². The van der Waals surface area contributed by atoms with Crippen molar-refractivity contribution in [3.63, 3.8) is 0 Å². The highest BCUT2D eigenvalue weighted by Gasteiger charge is 2.29. The molecule has 0 bridgehead atoms. The number of aliphatic hydroxyl groups excluding tert-OH is 1. The number of H-pyrrole nitrogens is 1. The largest absolute Gasteiger partial charge is 0.512 e. The quantitative estimate of drug-likeness (QED) is 0.110. The Morgan fingerprint density at radius 1 is 1.16 bits per heavy atom. The number of carbonyl (C=O) groups is 1. The number of aryl methyl sites for hydroxylation is 1. The second-order valence-corrected chi connectivity index (χ2v) is 12.9. The maximum absolute atomic E-state index is 13.8. The smallest absolute Gasteiger partial charge is 0.253 e. The predicted molar refractivity (Wildman–Crippen MR) is 197 cm³/mol. The number of likely N-dealkylation sites (tertiary alicyclic amines) is 1. The topological polar surface area (TPSA) is 149 Å². The second-order valence-electron chi connectivity index (χ2n) is 12.9. The van der Waals surface area contributed by atoms with Crippen LogP contribution in [0.4, 0.5) is 5.69 Å². The summed E-state index contributed by atoms with van der Waals surface area (Å²) in [4.78, 5) is 33.8. The van der Waals surface area contributed by atoms with E-state index in [9.17, 15) is 9.90 Å². The lowest BCUT2D eigenvalue weighted by atomic mass is 9.94. The minimum Gasteiger partial charge on any atom is -0.512 e. The van der Waals surface area contributed by atoms with Crippen molar-refractivity contribution in [3.05, 3.63) is 58.6 Å². The molecule has 0 saturated carbocycles. The van der Waals surface area contributed by atoms with Crippen molar-refractivity contribution in [1.82, 2.24) is 25.2 Å². The number of benzene rings is 2. The van der Waals surface area contributed by atoms with Crippen LogP contribution in [-0.4, -0.2) is 88.8 Å². The molecule has 2 aliphatic heterocycles. The summed E-state index contributed by atoms with van der Waals surface area (Å²) in [7, 11) is 1.57. The van der Waals surface area contributed by atoms with Gasteiger partial charge in [0, 0.05) is 77.3 Å². The van der Waals surface area contributed by atoms with Crippen LogP contribution in [0.15, 0.2) is 41.1 Å². The van der Waals surface area contributed by atoms with E-state index in [1.54, 1.807) is 21.0 Å². The third kappa shape index (κ3) is 6.60. The number of hydrogen-bond acceptors (Lipinski definition) is 9. The van der Waals surface area contributed by atoms with Crippen LogP contribution in [0.25, 0.3) is 44.8 Å². The predicted octanol–water partition coefficient (Wildman–Crippen LogP) is 7.16. The summed E-state index contributed by atoms with van der Waals surface area (Å²) in [5.41, 5.74) is 5.73. The molecule has 2 saturated heterocycles. The molecule has 4 heterocycles. The number of ether oxygens (including phenoxy) is 2. The molecular formula is C38H45N7O4. The van der Waals surface area contributed by atoms with Crippen molar-refractivity contribution in [2.24, 2.45) is 4.99 Å². The van der Waals surface area contributed by atoms with Crippen molar-refractivity contribution >= 4 is 57.6 Å². The lowest BCUT2D eigenvalue weighted by Crippen LogP contribution is -2.49. The molecule has 0 unspecified atom stereocenters. The number of carbonyl (C=O) groups excluding carboxylic acids is 1. The molecule has 2 aromatic carbocycles. The molecule has 256 valence electrons. The van der Waals surface area contributed by atoms with Gasteiger partial charge in [-0.05, 0) is 78.3 Å². The van der Waals surface area contributed by atoms with E-state index >= 15 is 0 Å². The number of fused-ring (bicyclic) bond motifs is 3. The van der Waals surface area contributed by atoms with E-state index in [0.717, 1.165) is 79.4 Å². The molecule has 4 N–H and O–H groups in total. The monoisotopic (exact) mass is 663 g/mol. The number of rotatable bonds is 9. The molecule has 0 aliphatic carbocycles. The van der Waals surface area contributed by atoms with Crippen LogP contribution in [0.5, 0.6) is 5.75 Å². The molecule has 11 heteroatoms. The molecule has 4 aromatic rings. The standard InChI is InChI=1S/C38H45N7O4/c1-7-8-26-27(9-10-28(35(26)40-5)38(47)43-24-11-15-45(16-12-24)25-13-17-49-18-14-25)36-34-29-20-32(48-6)30(33(21(2)39)22(3)46)19-31(29)44-37(34)42-23(4)41-36/h7-10,19-20,24-25,39,46H,5,11-18H2,1-4,6H3,(H,43,47)(H,41,42,44)/b8-7-,33-22+,39-21?. The molecule has 49 heavy (non-hydrogen) atoms. The normalized spacial score (nSPS) is 17.1. The zero-order chi connectivity index (χ0) is 34.8. The number of allylic oxidation sites excluding steroid dienone is 3. The molecule has 0 spiro atoms. The Bertz CT molecular complexity index is 1990. The fourth-order valence-electron chi connectivity index (χ4n) is 7.39. The Labute approximate surface area is 286 Å². The van der Waals surface area contributed by atoms with Crippen LogP contribution < -0.4 is 10.1 Å². The maximum Gasteiger partial charge on any atom is 0.253 e. The fourth-order valence-corrected chi connectivity index (χ4v) is 7.39. The highest BCUT2D eigenvalue weighted by atomic mass is 16.5. The van der Waals surface area contributed by atoms with Crippen molar-refractivity contribution < 1.29 is 19.4 Å². The molecular weight excluding hydrogens is 618 g/mol. The van der Waals surface area contributed by atoms with Crippen LogP contribution in [0.3, 0.4) is 0 Å². The number of aromatic amines is 1. The van der Waals surface area contributed by atoms with Crippen LogP contribution in [0, 0.1) is 12.3 Å². The fraction of sp³-hybridized carbons (Fsp3) is 0.395. The SMILES string of the molecule is C=Nc1c(C(=O)NC2CCN(C3CCOCC3)CC2)ccc(-c2nc(C)nc3[nH]c4cc(/C(C(C)=N)=C(\C)O)c(OC)cc4c23)c1/C=C\C. The lowest BCUT2D eigenvalue weighted by molar-refractivity contribution is 0.0238. The maximum atomic E-state index is 13.8. The Morgan fingerprint density at radius 3 is 2.53 bits per heavy atom. The van der Waals surface area contributed by atoms with Gasteiger partial charge < -0.3 is 35.2 Å². The Kier molecular flexibility index (Phi) is 9.94. The van der Waals surface area contributed by atoms with Gasteiger partial charge >= 0.3 is 0 Å². The van der Waals surface area contributed by atoms with Gasteiger partial charge in [-0.15, -0.1) is 0 Å². The van der Waals surface area contributed by atoms with Gasteiger partial charge in [0.1, 0.15) is 17.2 Å². The summed E-state index contributed by atoms with van der Waals surface area (Å²) >= 11 is 0. The van der Waals surface area contributed by atoms with E-state index in [4.69, 9.17) is 24.9 Å². The Hall–Kier alpha value is -4.87. The summed E-state index contributed by atoms with van der Waals surface area (Å²) in [6.07, 6.45) is 7.80. The van der Waals surface area contributed by atoms with Gasteiger partial charge in [-0.25, -0.2) is 9.97 Å². The van der Waals surface area contributed by atoms with Gasteiger partial charge in [0.2, 0.25) is 0 Å². The van der Waals surface area contributed by atoms with Gasteiger partial charge in [-0.1, -0.05) is 18.2 Å². The van der Waals surface area contributed by atoms with Crippen molar-refractivity contribution in [1.29, 1.82) is 5.41 Å². The number of nitrogens with zero attached hydrogens (tertiary/aromatic N) is 4. The van der Waals surface area contributed by atoms with E-state index in [0.29, 0.717) is 51.3 Å². The lowest BCUT2D eigenvalue weighted by Gasteiger charge is -2.39. The number of amides is 1. The van der Waals surface area contributed by atoms with Crippen molar-refractivity contribution in [3.8, 4) is 17.0 Å².